The van der Waals surface area contributed by atoms with Crippen molar-refractivity contribution in [2.24, 2.45) is 0 Å². The SMILES string of the molecule is COC(=O)CCNc1c(F)cc(F)cc1Cl. The van der Waals surface area contributed by atoms with E-state index in [-0.39, 0.29) is 23.7 Å². The summed E-state index contributed by atoms with van der Waals surface area (Å²) in [6.45, 7) is 0.162. The molecule has 0 saturated carbocycles. The topological polar surface area (TPSA) is 38.3 Å². The molecule has 0 amide bonds. The van der Waals surface area contributed by atoms with Crippen molar-refractivity contribution >= 4 is 23.3 Å². The Morgan fingerprint density at radius 1 is 1.50 bits per heavy atom. The van der Waals surface area contributed by atoms with Gasteiger partial charge in [0.2, 0.25) is 0 Å². The van der Waals surface area contributed by atoms with Gasteiger partial charge in [-0.05, 0) is 6.07 Å². The molecule has 3 nitrogen and oxygen atoms in total. The Morgan fingerprint density at radius 3 is 2.75 bits per heavy atom. The van der Waals surface area contributed by atoms with Crippen molar-refractivity contribution in [2.75, 3.05) is 19.0 Å². The van der Waals surface area contributed by atoms with Gasteiger partial charge < -0.3 is 10.1 Å². The van der Waals surface area contributed by atoms with Gasteiger partial charge in [0.05, 0.1) is 24.2 Å². The second kappa shape index (κ2) is 5.65. The molecule has 1 aromatic carbocycles. The van der Waals surface area contributed by atoms with E-state index in [0.717, 1.165) is 6.07 Å². The number of methoxy groups -OCH3 is 1. The number of hydrogen-bond donors (Lipinski definition) is 1. The van der Waals surface area contributed by atoms with Crippen LogP contribution >= 0.6 is 11.6 Å². The van der Waals surface area contributed by atoms with E-state index in [9.17, 15) is 13.6 Å². The first kappa shape index (κ1) is 12.7. The summed E-state index contributed by atoms with van der Waals surface area (Å²) in [7, 11) is 1.26. The molecule has 0 aliphatic carbocycles. The number of carbonyl (C=O) groups is 1. The van der Waals surface area contributed by atoms with Gasteiger partial charge in [-0.25, -0.2) is 8.78 Å². The van der Waals surface area contributed by atoms with Gasteiger partial charge in [0, 0.05) is 12.6 Å². The van der Waals surface area contributed by atoms with Crippen LogP contribution in [0.5, 0.6) is 0 Å². The summed E-state index contributed by atoms with van der Waals surface area (Å²) in [5, 5.41) is 2.53. The summed E-state index contributed by atoms with van der Waals surface area (Å²) >= 11 is 5.63. The van der Waals surface area contributed by atoms with Gasteiger partial charge in [0.15, 0.2) is 5.82 Å². The van der Waals surface area contributed by atoms with Crippen molar-refractivity contribution in [3.8, 4) is 0 Å². The molecule has 88 valence electrons. The molecule has 0 aliphatic rings. The first-order valence-corrected chi connectivity index (χ1v) is 4.87. The maximum absolute atomic E-state index is 13.2. The summed E-state index contributed by atoms with van der Waals surface area (Å²) in [6.07, 6.45) is 0.0731. The highest BCUT2D eigenvalue weighted by Gasteiger charge is 2.10. The Labute approximate surface area is 96.4 Å². The van der Waals surface area contributed by atoms with E-state index >= 15 is 0 Å². The molecule has 0 aromatic heterocycles. The van der Waals surface area contributed by atoms with E-state index in [2.05, 4.69) is 10.1 Å². The summed E-state index contributed by atoms with van der Waals surface area (Å²) in [5.41, 5.74) is -0.0213. The number of nitrogens with one attached hydrogen (secondary N) is 1. The summed E-state index contributed by atoms with van der Waals surface area (Å²) in [4.78, 5) is 10.8. The van der Waals surface area contributed by atoms with E-state index in [1.54, 1.807) is 0 Å². The summed E-state index contributed by atoms with van der Waals surface area (Å²) in [5.74, 6) is -1.97. The number of ether oxygens (including phenoxy) is 1. The van der Waals surface area contributed by atoms with Crippen LogP contribution in [-0.2, 0) is 9.53 Å². The molecule has 1 aromatic rings. The standard InChI is InChI=1S/C10H10ClF2NO2/c1-16-9(15)2-3-14-10-7(11)4-6(12)5-8(10)13/h4-5,14H,2-3H2,1H3. The van der Waals surface area contributed by atoms with Crippen LogP contribution in [0.15, 0.2) is 12.1 Å². The third-order valence-electron chi connectivity index (χ3n) is 1.87. The van der Waals surface area contributed by atoms with Gasteiger partial charge >= 0.3 is 5.97 Å². The Hall–Kier alpha value is -1.36. The molecule has 0 atom stereocenters. The fourth-order valence-corrected chi connectivity index (χ4v) is 1.36. The van der Waals surface area contributed by atoms with Gasteiger partial charge in [0.25, 0.3) is 0 Å². The summed E-state index contributed by atoms with van der Waals surface area (Å²) in [6, 6.07) is 1.71. The van der Waals surface area contributed by atoms with Crippen LogP contribution in [0.1, 0.15) is 6.42 Å². The van der Waals surface area contributed by atoms with Crippen LogP contribution in [0.2, 0.25) is 5.02 Å². The molecular formula is C10H10ClF2NO2. The van der Waals surface area contributed by atoms with E-state index in [1.165, 1.54) is 7.11 Å². The first-order valence-electron chi connectivity index (χ1n) is 4.50. The quantitative estimate of drug-likeness (QED) is 0.834. The molecule has 0 radical (unpaired) electrons. The number of benzene rings is 1. The van der Waals surface area contributed by atoms with Crippen molar-refractivity contribution < 1.29 is 18.3 Å². The minimum absolute atomic E-state index is 0.0213. The van der Waals surface area contributed by atoms with E-state index in [1.807, 2.05) is 0 Å². The molecule has 0 bridgehead atoms. The normalized spacial score (nSPS) is 10.0. The molecule has 0 heterocycles. The predicted octanol–water partition coefficient (Wildman–Crippen LogP) is 2.59. The lowest BCUT2D eigenvalue weighted by Crippen LogP contribution is -2.11. The van der Waals surface area contributed by atoms with Gasteiger partial charge in [-0.15, -0.1) is 0 Å². The lowest BCUT2D eigenvalue weighted by Gasteiger charge is -2.08. The fourth-order valence-electron chi connectivity index (χ4n) is 1.10. The third kappa shape index (κ3) is 3.34. The lowest BCUT2D eigenvalue weighted by molar-refractivity contribution is -0.140. The zero-order valence-corrected chi connectivity index (χ0v) is 9.28. The van der Waals surface area contributed by atoms with Gasteiger partial charge in [-0.1, -0.05) is 11.6 Å². The predicted molar refractivity (Wildman–Crippen MR) is 56.5 cm³/mol. The first-order chi connectivity index (χ1) is 7.54. The van der Waals surface area contributed by atoms with Gasteiger partial charge in [-0.3, -0.25) is 4.79 Å². The number of esters is 1. The number of rotatable bonds is 4. The van der Waals surface area contributed by atoms with Crippen LogP contribution < -0.4 is 5.32 Å². The molecule has 16 heavy (non-hydrogen) atoms. The highest BCUT2D eigenvalue weighted by Crippen LogP contribution is 2.26. The van der Waals surface area contributed by atoms with Crippen molar-refractivity contribution in [1.82, 2.24) is 0 Å². The van der Waals surface area contributed by atoms with Crippen molar-refractivity contribution in [2.45, 2.75) is 6.42 Å². The Kier molecular flexibility index (Phi) is 4.49. The fraction of sp³-hybridized carbons (Fsp3) is 0.300. The Morgan fingerprint density at radius 2 is 2.19 bits per heavy atom. The van der Waals surface area contributed by atoms with Crippen LogP contribution in [0.3, 0.4) is 0 Å². The molecule has 0 unspecified atom stereocenters. The number of carbonyl (C=O) groups excluding carboxylic acids is 1. The van der Waals surface area contributed by atoms with Crippen molar-refractivity contribution in [3.05, 3.63) is 28.8 Å². The van der Waals surface area contributed by atoms with Crippen LogP contribution in [0, 0.1) is 11.6 Å². The molecule has 0 saturated heterocycles. The zero-order chi connectivity index (χ0) is 12.1. The molecule has 0 aliphatic heterocycles. The van der Waals surface area contributed by atoms with Crippen molar-refractivity contribution in [1.29, 1.82) is 0 Å². The Bertz CT molecular complexity index is 375. The molecule has 0 fully saturated rings. The number of anilines is 1. The van der Waals surface area contributed by atoms with Crippen molar-refractivity contribution in [3.63, 3.8) is 0 Å². The van der Waals surface area contributed by atoms with E-state index < -0.39 is 17.6 Å². The maximum Gasteiger partial charge on any atom is 0.307 e. The highest BCUT2D eigenvalue weighted by atomic mass is 35.5. The average molecular weight is 250 g/mol. The largest absolute Gasteiger partial charge is 0.469 e. The third-order valence-corrected chi connectivity index (χ3v) is 2.16. The minimum Gasteiger partial charge on any atom is -0.469 e. The average Bonchev–Trinajstić information content (AvgIpc) is 2.21. The van der Waals surface area contributed by atoms with Gasteiger partial charge in [0.1, 0.15) is 5.82 Å². The monoisotopic (exact) mass is 249 g/mol. The second-order valence-electron chi connectivity index (χ2n) is 3.00. The van der Waals surface area contributed by atoms with Gasteiger partial charge in [-0.2, -0.15) is 0 Å². The zero-order valence-electron chi connectivity index (χ0n) is 8.52. The molecule has 0 spiro atoms. The molecular weight excluding hydrogens is 240 g/mol. The van der Waals surface area contributed by atoms with E-state index in [4.69, 9.17) is 11.6 Å². The smallest absolute Gasteiger partial charge is 0.307 e. The Balaban J connectivity index is 2.64. The molecule has 1 rings (SSSR count). The highest BCUT2D eigenvalue weighted by molar-refractivity contribution is 6.33. The van der Waals surface area contributed by atoms with E-state index in [0.29, 0.717) is 6.07 Å². The van der Waals surface area contributed by atoms with Crippen LogP contribution in [0.4, 0.5) is 14.5 Å². The second-order valence-corrected chi connectivity index (χ2v) is 3.40. The molecule has 6 heteroatoms. The number of halogens is 3. The maximum atomic E-state index is 13.2. The van der Waals surface area contributed by atoms with Crippen LogP contribution in [-0.4, -0.2) is 19.6 Å². The lowest BCUT2D eigenvalue weighted by atomic mass is 10.3. The number of hydrogen-bond acceptors (Lipinski definition) is 3. The summed E-state index contributed by atoms with van der Waals surface area (Å²) < 4.78 is 30.3. The van der Waals surface area contributed by atoms with Crippen LogP contribution in [0.25, 0.3) is 0 Å². The molecule has 1 N–H and O–H groups in total. The minimum atomic E-state index is -0.796.